The van der Waals surface area contributed by atoms with Gasteiger partial charge in [0.05, 0.1) is 12.2 Å². The van der Waals surface area contributed by atoms with Gasteiger partial charge in [0.25, 0.3) is 5.91 Å². The Bertz CT molecular complexity index is 759. The summed E-state index contributed by atoms with van der Waals surface area (Å²) in [4.78, 5) is 24.4. The van der Waals surface area contributed by atoms with Gasteiger partial charge in [-0.3, -0.25) is 4.79 Å². The third-order valence-electron chi connectivity index (χ3n) is 3.58. The molecule has 0 bridgehead atoms. The van der Waals surface area contributed by atoms with Crippen LogP contribution in [-0.2, 0) is 9.53 Å². The van der Waals surface area contributed by atoms with Crippen LogP contribution in [0.15, 0.2) is 42.5 Å². The molecule has 0 saturated heterocycles. The Hall–Kier alpha value is -2.53. The second-order valence-corrected chi connectivity index (χ2v) is 5.81. The number of amides is 1. The van der Waals surface area contributed by atoms with Crippen LogP contribution >= 0.6 is 11.6 Å². The molecule has 0 aliphatic heterocycles. The first-order valence-corrected chi connectivity index (χ1v) is 8.30. The van der Waals surface area contributed by atoms with Crippen LogP contribution in [0.3, 0.4) is 0 Å². The zero-order valence-corrected chi connectivity index (χ0v) is 15.1. The van der Waals surface area contributed by atoms with E-state index in [1.807, 2.05) is 6.92 Å². The van der Waals surface area contributed by atoms with E-state index in [-0.39, 0.29) is 0 Å². The van der Waals surface area contributed by atoms with Gasteiger partial charge in [-0.05, 0) is 62.7 Å². The Balaban J connectivity index is 1.98. The monoisotopic (exact) mass is 361 g/mol. The van der Waals surface area contributed by atoms with Crippen molar-refractivity contribution in [3.63, 3.8) is 0 Å². The molecule has 0 unspecified atom stereocenters. The number of hydrogen-bond acceptors (Lipinski definition) is 4. The van der Waals surface area contributed by atoms with E-state index in [0.717, 1.165) is 5.56 Å². The van der Waals surface area contributed by atoms with Gasteiger partial charge in [-0.1, -0.05) is 17.7 Å². The smallest absolute Gasteiger partial charge is 0.338 e. The highest BCUT2D eigenvalue weighted by Gasteiger charge is 2.20. The van der Waals surface area contributed by atoms with Crippen molar-refractivity contribution in [3.8, 4) is 5.75 Å². The molecule has 0 aliphatic rings. The van der Waals surface area contributed by atoms with Gasteiger partial charge in [0.2, 0.25) is 0 Å². The lowest BCUT2D eigenvalue weighted by atomic mass is 10.2. The molecule has 0 heterocycles. The normalized spacial score (nSPS) is 11.5. The minimum atomic E-state index is -0.947. The molecule has 2 aromatic carbocycles. The van der Waals surface area contributed by atoms with Crippen molar-refractivity contribution in [2.75, 3.05) is 11.9 Å². The summed E-state index contributed by atoms with van der Waals surface area (Å²) < 4.78 is 10.5. The van der Waals surface area contributed by atoms with E-state index >= 15 is 0 Å². The van der Waals surface area contributed by atoms with Crippen molar-refractivity contribution in [1.82, 2.24) is 0 Å². The zero-order valence-electron chi connectivity index (χ0n) is 14.3. The molecule has 2 aromatic rings. The number of hydrogen-bond donors (Lipinski definition) is 1. The fourth-order valence-corrected chi connectivity index (χ4v) is 2.29. The van der Waals surface area contributed by atoms with Crippen LogP contribution in [0, 0.1) is 6.92 Å². The average Bonchev–Trinajstić information content (AvgIpc) is 2.59. The standard InChI is InChI=1S/C19H20ClNO4/c1-4-24-15-10-8-14(9-11-15)19(23)25-13(3)18(22)21-17-7-5-6-16(20)12(17)2/h5-11,13H,4H2,1-3H3,(H,21,22)/t13-/m0/s1. The SMILES string of the molecule is CCOc1ccc(C(=O)O[C@@H](C)C(=O)Nc2cccc(Cl)c2C)cc1. The first-order valence-electron chi connectivity index (χ1n) is 7.92. The molecule has 0 saturated carbocycles. The van der Waals surface area contributed by atoms with Gasteiger partial charge in [0.1, 0.15) is 5.75 Å². The van der Waals surface area contributed by atoms with Crippen molar-refractivity contribution in [3.05, 3.63) is 58.6 Å². The maximum atomic E-state index is 12.2. The molecule has 132 valence electrons. The summed E-state index contributed by atoms with van der Waals surface area (Å²) in [5, 5.41) is 3.27. The number of halogens is 1. The summed E-state index contributed by atoms with van der Waals surface area (Å²) in [5.74, 6) is -0.334. The van der Waals surface area contributed by atoms with Gasteiger partial charge in [0, 0.05) is 10.7 Å². The molecule has 0 aliphatic carbocycles. The molecular weight excluding hydrogens is 342 g/mol. The Morgan fingerprint density at radius 1 is 1.16 bits per heavy atom. The number of carbonyl (C=O) groups is 2. The summed E-state index contributed by atoms with van der Waals surface area (Å²) in [6.45, 7) is 5.74. The van der Waals surface area contributed by atoms with E-state index in [4.69, 9.17) is 21.1 Å². The summed E-state index contributed by atoms with van der Waals surface area (Å²) in [6, 6.07) is 11.8. The molecule has 0 radical (unpaired) electrons. The Labute approximate surface area is 151 Å². The van der Waals surface area contributed by atoms with E-state index in [2.05, 4.69) is 5.32 Å². The van der Waals surface area contributed by atoms with E-state index < -0.39 is 18.0 Å². The molecular formula is C19H20ClNO4. The van der Waals surface area contributed by atoms with Crippen molar-refractivity contribution >= 4 is 29.2 Å². The molecule has 6 heteroatoms. The van der Waals surface area contributed by atoms with Gasteiger partial charge < -0.3 is 14.8 Å². The lowest BCUT2D eigenvalue weighted by Crippen LogP contribution is -2.30. The molecule has 0 fully saturated rings. The topological polar surface area (TPSA) is 64.6 Å². The zero-order chi connectivity index (χ0) is 18.4. The van der Waals surface area contributed by atoms with Crippen molar-refractivity contribution in [1.29, 1.82) is 0 Å². The van der Waals surface area contributed by atoms with Crippen LogP contribution in [0.5, 0.6) is 5.75 Å². The van der Waals surface area contributed by atoms with E-state index in [1.165, 1.54) is 6.92 Å². The number of carbonyl (C=O) groups excluding carboxylic acids is 2. The number of rotatable bonds is 6. The second kappa shape index (κ2) is 8.53. The van der Waals surface area contributed by atoms with Crippen LogP contribution in [0.2, 0.25) is 5.02 Å². The highest BCUT2D eigenvalue weighted by Crippen LogP contribution is 2.23. The van der Waals surface area contributed by atoms with Crippen LogP contribution < -0.4 is 10.1 Å². The molecule has 0 aromatic heterocycles. The minimum Gasteiger partial charge on any atom is -0.494 e. The largest absolute Gasteiger partial charge is 0.494 e. The molecule has 0 spiro atoms. The van der Waals surface area contributed by atoms with Crippen molar-refractivity contribution < 1.29 is 19.1 Å². The lowest BCUT2D eigenvalue weighted by Gasteiger charge is -2.15. The number of anilines is 1. The maximum Gasteiger partial charge on any atom is 0.338 e. The van der Waals surface area contributed by atoms with Gasteiger partial charge in [0.15, 0.2) is 6.10 Å². The predicted octanol–water partition coefficient (Wildman–Crippen LogP) is 4.23. The molecule has 25 heavy (non-hydrogen) atoms. The third-order valence-corrected chi connectivity index (χ3v) is 3.99. The molecule has 1 N–H and O–H groups in total. The number of esters is 1. The Kier molecular flexibility index (Phi) is 6.42. The van der Waals surface area contributed by atoms with Gasteiger partial charge in [-0.25, -0.2) is 4.79 Å². The molecule has 2 rings (SSSR count). The van der Waals surface area contributed by atoms with Crippen LogP contribution in [0.1, 0.15) is 29.8 Å². The summed E-state index contributed by atoms with van der Waals surface area (Å²) >= 11 is 6.03. The fraction of sp³-hybridized carbons (Fsp3) is 0.263. The summed E-state index contributed by atoms with van der Waals surface area (Å²) in [6.07, 6.45) is -0.947. The number of ether oxygens (including phenoxy) is 2. The molecule has 5 nitrogen and oxygen atoms in total. The van der Waals surface area contributed by atoms with E-state index in [9.17, 15) is 9.59 Å². The number of nitrogens with one attached hydrogen (secondary N) is 1. The van der Waals surface area contributed by atoms with Crippen molar-refractivity contribution in [2.45, 2.75) is 26.9 Å². The Morgan fingerprint density at radius 3 is 2.48 bits per heavy atom. The van der Waals surface area contributed by atoms with E-state index in [1.54, 1.807) is 49.4 Å². The molecule has 1 amide bonds. The fourth-order valence-electron chi connectivity index (χ4n) is 2.11. The van der Waals surface area contributed by atoms with Gasteiger partial charge in [-0.2, -0.15) is 0 Å². The number of benzene rings is 2. The van der Waals surface area contributed by atoms with Crippen molar-refractivity contribution in [2.24, 2.45) is 0 Å². The maximum absolute atomic E-state index is 12.2. The highest BCUT2D eigenvalue weighted by molar-refractivity contribution is 6.31. The lowest BCUT2D eigenvalue weighted by molar-refractivity contribution is -0.123. The van der Waals surface area contributed by atoms with Gasteiger partial charge in [-0.15, -0.1) is 0 Å². The Morgan fingerprint density at radius 2 is 1.84 bits per heavy atom. The summed E-state index contributed by atoms with van der Waals surface area (Å²) in [5.41, 5.74) is 1.69. The quantitative estimate of drug-likeness (QED) is 0.782. The third kappa shape index (κ3) is 4.97. The first-order chi connectivity index (χ1) is 11.9. The molecule has 1 atom stereocenters. The first kappa shape index (κ1) is 18.8. The van der Waals surface area contributed by atoms with Gasteiger partial charge >= 0.3 is 5.97 Å². The predicted molar refractivity (Wildman–Crippen MR) is 97.3 cm³/mol. The van der Waals surface area contributed by atoms with Crippen LogP contribution in [0.25, 0.3) is 0 Å². The highest BCUT2D eigenvalue weighted by atomic mass is 35.5. The minimum absolute atomic E-state index is 0.349. The van der Waals surface area contributed by atoms with E-state index in [0.29, 0.717) is 28.6 Å². The van der Waals surface area contributed by atoms with Crippen LogP contribution in [0.4, 0.5) is 5.69 Å². The second-order valence-electron chi connectivity index (χ2n) is 5.41. The summed E-state index contributed by atoms with van der Waals surface area (Å²) in [7, 11) is 0. The van der Waals surface area contributed by atoms with Crippen LogP contribution in [-0.4, -0.2) is 24.6 Å². The average molecular weight is 362 g/mol.